The summed E-state index contributed by atoms with van der Waals surface area (Å²) < 4.78 is 31.5. The Kier molecular flexibility index (Phi) is 7.35. The molecule has 152 valence electrons. The number of carbonyl (C=O) groups excluding carboxylic acids is 3. The second-order valence-electron chi connectivity index (χ2n) is 5.79. The van der Waals surface area contributed by atoms with Crippen molar-refractivity contribution in [3.8, 4) is 5.75 Å². The van der Waals surface area contributed by atoms with Crippen LogP contribution in [0.4, 0.5) is 20.2 Å². The average molecular weight is 404 g/mol. The molecule has 0 unspecified atom stereocenters. The van der Waals surface area contributed by atoms with Gasteiger partial charge >= 0.3 is 11.8 Å². The predicted octanol–water partition coefficient (Wildman–Crippen LogP) is 2.43. The first-order chi connectivity index (χ1) is 13.8. The molecule has 0 atom stereocenters. The van der Waals surface area contributed by atoms with Crippen LogP contribution < -0.4 is 20.8 Å². The fourth-order valence-corrected chi connectivity index (χ4v) is 2.18. The number of nitrogens with zero attached hydrogens (tertiary/aromatic N) is 1. The van der Waals surface area contributed by atoms with E-state index in [1.165, 1.54) is 14.0 Å². The number of carbonyl (C=O) groups is 3. The SMILES string of the molecule is COc1ccccc1NC(=O)C(=O)N/N=C(/C)CC(=O)Nc1ccc(F)cc1F. The molecule has 10 heteroatoms. The van der Waals surface area contributed by atoms with Gasteiger partial charge in [-0.25, -0.2) is 14.2 Å². The molecular weight excluding hydrogens is 386 g/mol. The normalized spacial score (nSPS) is 10.8. The number of hydrogen-bond acceptors (Lipinski definition) is 5. The molecule has 0 fully saturated rings. The molecule has 0 bridgehead atoms. The van der Waals surface area contributed by atoms with Gasteiger partial charge in [-0.15, -0.1) is 0 Å². The quantitative estimate of drug-likeness (QED) is 0.390. The summed E-state index contributed by atoms with van der Waals surface area (Å²) in [6.45, 7) is 1.43. The van der Waals surface area contributed by atoms with E-state index in [0.717, 1.165) is 12.1 Å². The lowest BCUT2D eigenvalue weighted by molar-refractivity contribution is -0.136. The van der Waals surface area contributed by atoms with Gasteiger partial charge in [0.2, 0.25) is 5.91 Å². The summed E-state index contributed by atoms with van der Waals surface area (Å²) in [7, 11) is 1.42. The molecule has 0 saturated carbocycles. The van der Waals surface area contributed by atoms with Gasteiger partial charge in [0.15, 0.2) is 0 Å². The third kappa shape index (κ3) is 6.38. The van der Waals surface area contributed by atoms with E-state index in [1.807, 2.05) is 5.43 Å². The van der Waals surface area contributed by atoms with Crippen LogP contribution >= 0.6 is 0 Å². The van der Waals surface area contributed by atoms with Crippen LogP contribution in [0.25, 0.3) is 0 Å². The smallest absolute Gasteiger partial charge is 0.329 e. The van der Waals surface area contributed by atoms with Crippen molar-refractivity contribution < 1.29 is 27.9 Å². The number of hydrazone groups is 1. The Hall–Kier alpha value is -3.82. The molecule has 0 aliphatic carbocycles. The molecule has 0 aliphatic rings. The summed E-state index contributed by atoms with van der Waals surface area (Å²) in [5.74, 6) is -3.99. The lowest BCUT2D eigenvalue weighted by atomic mass is 10.2. The van der Waals surface area contributed by atoms with Crippen LogP contribution in [-0.2, 0) is 14.4 Å². The molecule has 0 saturated heterocycles. The van der Waals surface area contributed by atoms with Crippen molar-refractivity contribution in [1.82, 2.24) is 5.43 Å². The Bertz CT molecular complexity index is 963. The van der Waals surface area contributed by atoms with Crippen LogP contribution in [0.3, 0.4) is 0 Å². The fraction of sp³-hybridized carbons (Fsp3) is 0.158. The molecule has 29 heavy (non-hydrogen) atoms. The number of anilines is 2. The summed E-state index contributed by atoms with van der Waals surface area (Å²) in [4.78, 5) is 35.7. The zero-order chi connectivity index (χ0) is 21.4. The minimum atomic E-state index is -1.06. The second-order valence-corrected chi connectivity index (χ2v) is 5.79. The number of para-hydroxylation sites is 2. The number of hydrogen-bond donors (Lipinski definition) is 3. The van der Waals surface area contributed by atoms with Crippen LogP contribution in [-0.4, -0.2) is 30.5 Å². The van der Waals surface area contributed by atoms with E-state index in [2.05, 4.69) is 15.7 Å². The number of rotatable bonds is 6. The van der Waals surface area contributed by atoms with Gasteiger partial charge in [0.05, 0.1) is 24.9 Å². The van der Waals surface area contributed by atoms with Crippen molar-refractivity contribution in [2.45, 2.75) is 13.3 Å². The summed E-state index contributed by atoms with van der Waals surface area (Å²) in [5.41, 5.74) is 2.29. The second kappa shape index (κ2) is 9.93. The molecule has 2 rings (SSSR count). The molecule has 3 amide bonds. The summed E-state index contributed by atoms with van der Waals surface area (Å²) in [6, 6.07) is 9.23. The van der Waals surface area contributed by atoms with Crippen molar-refractivity contribution in [1.29, 1.82) is 0 Å². The van der Waals surface area contributed by atoms with E-state index in [9.17, 15) is 23.2 Å². The van der Waals surface area contributed by atoms with E-state index < -0.39 is 29.4 Å². The molecule has 0 aromatic heterocycles. The van der Waals surface area contributed by atoms with Gasteiger partial charge in [-0.1, -0.05) is 12.1 Å². The molecule has 2 aromatic carbocycles. The first kappa shape index (κ1) is 21.5. The fourth-order valence-electron chi connectivity index (χ4n) is 2.18. The Morgan fingerprint density at radius 1 is 1.00 bits per heavy atom. The first-order valence-corrected chi connectivity index (χ1v) is 8.32. The molecule has 2 aromatic rings. The largest absolute Gasteiger partial charge is 0.495 e. The molecule has 8 nitrogen and oxygen atoms in total. The first-order valence-electron chi connectivity index (χ1n) is 8.32. The maximum atomic E-state index is 13.5. The molecule has 0 heterocycles. The lowest BCUT2D eigenvalue weighted by Crippen LogP contribution is -2.33. The third-order valence-corrected chi connectivity index (χ3v) is 3.53. The van der Waals surface area contributed by atoms with Crippen molar-refractivity contribution >= 4 is 34.8 Å². The van der Waals surface area contributed by atoms with Crippen molar-refractivity contribution in [3.63, 3.8) is 0 Å². The summed E-state index contributed by atoms with van der Waals surface area (Å²) >= 11 is 0. The standard InChI is InChI=1S/C19H18F2N4O4/c1-11(9-17(26)22-14-8-7-12(20)10-13(14)21)24-25-19(28)18(27)23-15-5-3-4-6-16(15)29-2/h3-8,10H,9H2,1-2H3,(H,22,26)(H,23,27)(H,25,28)/b24-11-. The Morgan fingerprint density at radius 3 is 2.41 bits per heavy atom. The number of amides is 3. The summed E-state index contributed by atoms with van der Waals surface area (Å²) in [6.07, 6.45) is -0.286. The third-order valence-electron chi connectivity index (χ3n) is 3.53. The number of ether oxygens (including phenoxy) is 1. The molecular formula is C19H18F2N4O4. The maximum Gasteiger partial charge on any atom is 0.329 e. The number of benzene rings is 2. The van der Waals surface area contributed by atoms with E-state index in [0.29, 0.717) is 17.5 Å². The zero-order valence-electron chi connectivity index (χ0n) is 15.6. The van der Waals surface area contributed by atoms with Crippen molar-refractivity contribution in [2.75, 3.05) is 17.7 Å². The van der Waals surface area contributed by atoms with Crippen molar-refractivity contribution in [3.05, 3.63) is 54.1 Å². The highest BCUT2D eigenvalue weighted by molar-refractivity contribution is 6.39. The Labute approximate surface area is 164 Å². The molecule has 0 aliphatic heterocycles. The van der Waals surface area contributed by atoms with E-state index in [-0.39, 0.29) is 17.8 Å². The molecule has 0 radical (unpaired) electrons. The topological polar surface area (TPSA) is 109 Å². The van der Waals surface area contributed by atoms with E-state index in [4.69, 9.17) is 4.74 Å². The van der Waals surface area contributed by atoms with Gasteiger partial charge in [0.1, 0.15) is 17.4 Å². The van der Waals surface area contributed by atoms with Gasteiger partial charge in [0.25, 0.3) is 0 Å². The van der Waals surface area contributed by atoms with Crippen LogP contribution in [0.15, 0.2) is 47.6 Å². The van der Waals surface area contributed by atoms with Crippen LogP contribution in [0.1, 0.15) is 13.3 Å². The molecule has 0 spiro atoms. The van der Waals surface area contributed by atoms with Gasteiger partial charge in [-0.3, -0.25) is 14.4 Å². The minimum absolute atomic E-state index is 0.156. The van der Waals surface area contributed by atoms with Gasteiger partial charge < -0.3 is 15.4 Å². The highest BCUT2D eigenvalue weighted by Gasteiger charge is 2.16. The monoisotopic (exact) mass is 404 g/mol. The van der Waals surface area contributed by atoms with E-state index >= 15 is 0 Å². The van der Waals surface area contributed by atoms with Gasteiger partial charge in [0, 0.05) is 11.8 Å². The predicted molar refractivity (Wildman–Crippen MR) is 102 cm³/mol. The number of nitrogens with one attached hydrogen (secondary N) is 3. The maximum absolute atomic E-state index is 13.5. The van der Waals surface area contributed by atoms with Gasteiger partial charge in [-0.05, 0) is 31.2 Å². The van der Waals surface area contributed by atoms with Crippen LogP contribution in [0.5, 0.6) is 5.75 Å². The van der Waals surface area contributed by atoms with Crippen LogP contribution in [0, 0.1) is 11.6 Å². The average Bonchev–Trinajstić information content (AvgIpc) is 2.68. The minimum Gasteiger partial charge on any atom is -0.495 e. The van der Waals surface area contributed by atoms with Crippen LogP contribution in [0.2, 0.25) is 0 Å². The number of methoxy groups -OCH3 is 1. The highest BCUT2D eigenvalue weighted by atomic mass is 19.1. The van der Waals surface area contributed by atoms with E-state index in [1.54, 1.807) is 24.3 Å². The summed E-state index contributed by atoms with van der Waals surface area (Å²) in [5, 5.41) is 8.29. The Balaban J connectivity index is 1.88. The highest BCUT2D eigenvalue weighted by Crippen LogP contribution is 2.22. The van der Waals surface area contributed by atoms with Crippen molar-refractivity contribution in [2.24, 2.45) is 5.10 Å². The van der Waals surface area contributed by atoms with Gasteiger partial charge in [-0.2, -0.15) is 5.10 Å². The zero-order valence-corrected chi connectivity index (χ0v) is 15.6. The number of halogens is 2. The Morgan fingerprint density at radius 2 is 1.72 bits per heavy atom. The lowest BCUT2D eigenvalue weighted by Gasteiger charge is -2.09. The molecule has 3 N–H and O–H groups in total.